The summed E-state index contributed by atoms with van der Waals surface area (Å²) in [6.07, 6.45) is 3.40. The first kappa shape index (κ1) is 27.9. The van der Waals surface area contributed by atoms with E-state index in [0.29, 0.717) is 23.9 Å². The number of carbonyl (C=O) groups is 1. The number of carbonyl (C=O) groups excluding carboxylic acids is 1. The summed E-state index contributed by atoms with van der Waals surface area (Å²) in [7, 11) is -1.88. The second kappa shape index (κ2) is 10.7. The lowest BCUT2D eigenvalue weighted by Crippen LogP contribution is -2.40. The van der Waals surface area contributed by atoms with E-state index in [-0.39, 0.29) is 16.5 Å². The van der Waals surface area contributed by atoms with Crippen LogP contribution in [0.25, 0.3) is 5.69 Å². The molecule has 0 unspecified atom stereocenters. The zero-order valence-corrected chi connectivity index (χ0v) is 24.3. The summed E-state index contributed by atoms with van der Waals surface area (Å²) in [5.41, 5.74) is 4.02. The van der Waals surface area contributed by atoms with E-state index in [1.807, 2.05) is 41.1 Å². The van der Waals surface area contributed by atoms with Crippen LogP contribution < -0.4 is 10.6 Å². The van der Waals surface area contributed by atoms with Crippen molar-refractivity contribution in [2.75, 3.05) is 5.32 Å². The summed E-state index contributed by atoms with van der Waals surface area (Å²) in [4.78, 5) is 17.0. The Morgan fingerprint density at radius 2 is 1.81 bits per heavy atom. The second-order valence-corrected chi connectivity index (χ2v) is 16.8. The molecule has 0 aliphatic heterocycles. The molecule has 0 saturated heterocycles. The number of benzene rings is 1. The molecular formula is C27H38ClN5O2Si. The molecule has 0 spiro atoms. The molecule has 0 fully saturated rings. The van der Waals surface area contributed by atoms with Crippen LogP contribution >= 0.6 is 11.6 Å². The molecule has 0 saturated carbocycles. The molecule has 9 heteroatoms. The fourth-order valence-electron chi connectivity index (χ4n) is 3.20. The summed E-state index contributed by atoms with van der Waals surface area (Å²) in [5.74, 6) is 0. The van der Waals surface area contributed by atoms with Gasteiger partial charge < -0.3 is 15.1 Å². The van der Waals surface area contributed by atoms with Crippen molar-refractivity contribution in [1.82, 2.24) is 20.1 Å². The van der Waals surface area contributed by atoms with Crippen molar-refractivity contribution in [2.45, 2.75) is 78.2 Å². The highest BCUT2D eigenvalue weighted by atomic mass is 35.5. The number of hydrogen-bond donors (Lipinski definition) is 2. The Kier molecular flexibility index (Phi) is 8.32. The Balaban J connectivity index is 1.68. The largest absolute Gasteiger partial charge is 0.413 e. The van der Waals surface area contributed by atoms with Crippen molar-refractivity contribution in [3.05, 3.63) is 70.8 Å². The number of urea groups is 1. The minimum Gasteiger partial charge on any atom is -0.413 e. The lowest BCUT2D eigenvalue weighted by molar-refractivity contribution is 0.251. The molecule has 194 valence electrons. The van der Waals surface area contributed by atoms with Crippen LogP contribution in [-0.2, 0) is 23.0 Å². The Bertz CT molecular complexity index is 1210. The van der Waals surface area contributed by atoms with Gasteiger partial charge in [-0.25, -0.2) is 9.48 Å². The Morgan fingerprint density at radius 3 is 2.44 bits per heavy atom. The number of nitrogens with zero attached hydrogens (tertiary/aromatic N) is 3. The molecule has 1 aromatic carbocycles. The zero-order chi connectivity index (χ0) is 26.7. The molecular weight excluding hydrogens is 490 g/mol. The third kappa shape index (κ3) is 7.18. The molecule has 2 amide bonds. The normalized spacial score (nSPS) is 12.5. The van der Waals surface area contributed by atoms with Gasteiger partial charge in [-0.05, 0) is 54.0 Å². The molecule has 2 N–H and O–H groups in total. The number of rotatable bonds is 7. The zero-order valence-electron chi connectivity index (χ0n) is 22.6. The fourth-order valence-corrected chi connectivity index (χ4v) is 4.35. The van der Waals surface area contributed by atoms with Gasteiger partial charge in [0.2, 0.25) is 0 Å². The average molecular weight is 528 g/mol. The molecule has 2 heterocycles. The van der Waals surface area contributed by atoms with E-state index in [1.54, 1.807) is 12.4 Å². The van der Waals surface area contributed by atoms with Crippen LogP contribution in [-0.4, -0.2) is 29.1 Å². The van der Waals surface area contributed by atoms with Gasteiger partial charge in [0.25, 0.3) is 0 Å². The number of aromatic nitrogens is 3. The number of anilines is 1. The summed E-state index contributed by atoms with van der Waals surface area (Å²) < 4.78 is 8.12. The van der Waals surface area contributed by atoms with E-state index in [1.165, 1.54) is 0 Å². The van der Waals surface area contributed by atoms with E-state index < -0.39 is 8.32 Å². The SMILES string of the molecule is CC(C)(C)c1cc(CNC(=O)Nc2cncc(CO[Si](C)(C)C(C)(C)C)c2)n(-c2cccc(Cl)c2)n1. The van der Waals surface area contributed by atoms with E-state index in [4.69, 9.17) is 21.1 Å². The van der Waals surface area contributed by atoms with Gasteiger partial charge in [-0.2, -0.15) is 5.10 Å². The fraction of sp³-hybridized carbons (Fsp3) is 0.444. The first-order valence-electron chi connectivity index (χ1n) is 12.1. The topological polar surface area (TPSA) is 81.1 Å². The van der Waals surface area contributed by atoms with Gasteiger partial charge in [0.1, 0.15) is 0 Å². The van der Waals surface area contributed by atoms with Crippen LogP contribution in [0.4, 0.5) is 10.5 Å². The summed E-state index contributed by atoms with van der Waals surface area (Å²) in [6.45, 7) is 18.2. The van der Waals surface area contributed by atoms with E-state index >= 15 is 0 Å². The highest BCUT2D eigenvalue weighted by Crippen LogP contribution is 2.37. The van der Waals surface area contributed by atoms with Crippen molar-refractivity contribution in [3.63, 3.8) is 0 Å². The van der Waals surface area contributed by atoms with E-state index in [9.17, 15) is 4.79 Å². The van der Waals surface area contributed by atoms with Gasteiger partial charge in [0.05, 0.1) is 42.1 Å². The minimum absolute atomic E-state index is 0.126. The Morgan fingerprint density at radius 1 is 1.08 bits per heavy atom. The molecule has 3 rings (SSSR count). The lowest BCUT2D eigenvalue weighted by Gasteiger charge is -2.36. The predicted molar refractivity (Wildman–Crippen MR) is 149 cm³/mol. The van der Waals surface area contributed by atoms with Crippen molar-refractivity contribution < 1.29 is 9.22 Å². The van der Waals surface area contributed by atoms with Crippen LogP contribution in [0.15, 0.2) is 48.8 Å². The minimum atomic E-state index is -1.88. The van der Waals surface area contributed by atoms with Gasteiger partial charge in [0, 0.05) is 16.6 Å². The van der Waals surface area contributed by atoms with Gasteiger partial charge in [-0.3, -0.25) is 4.98 Å². The predicted octanol–water partition coefficient (Wildman–Crippen LogP) is 7.06. The molecule has 0 radical (unpaired) electrons. The van der Waals surface area contributed by atoms with E-state index in [2.05, 4.69) is 70.3 Å². The standard InChI is InChI=1S/C27H38ClN5O2Si/c1-26(2,3)24-14-23(33(32-24)22-11-9-10-20(28)13-22)17-30-25(34)31-21-12-19(15-29-16-21)18-35-36(7,8)27(4,5)6/h9-16H,17-18H2,1-8H3,(H2,30,31,34). The van der Waals surface area contributed by atoms with Crippen LogP contribution in [0.3, 0.4) is 0 Å². The molecule has 0 aliphatic rings. The van der Waals surface area contributed by atoms with Gasteiger partial charge >= 0.3 is 6.03 Å². The quantitative estimate of drug-likeness (QED) is 0.322. The Hall–Kier alpha value is -2.68. The summed E-state index contributed by atoms with van der Waals surface area (Å²) >= 11 is 6.21. The highest BCUT2D eigenvalue weighted by Gasteiger charge is 2.37. The Labute approximate surface area is 220 Å². The van der Waals surface area contributed by atoms with Crippen molar-refractivity contribution in [1.29, 1.82) is 0 Å². The van der Waals surface area contributed by atoms with Gasteiger partial charge in [0.15, 0.2) is 8.32 Å². The second-order valence-electron chi connectivity index (χ2n) is 11.6. The van der Waals surface area contributed by atoms with Crippen LogP contribution in [0.2, 0.25) is 23.2 Å². The maximum atomic E-state index is 12.7. The monoisotopic (exact) mass is 527 g/mol. The third-order valence-corrected chi connectivity index (χ3v) is 11.2. The summed E-state index contributed by atoms with van der Waals surface area (Å²) in [6, 6.07) is 11.1. The molecule has 2 aromatic heterocycles. The van der Waals surface area contributed by atoms with Crippen molar-refractivity contribution >= 4 is 31.6 Å². The number of pyridine rings is 1. The van der Waals surface area contributed by atoms with Crippen LogP contribution in [0.5, 0.6) is 0 Å². The molecule has 7 nitrogen and oxygen atoms in total. The molecule has 3 aromatic rings. The summed E-state index contributed by atoms with van der Waals surface area (Å²) in [5, 5.41) is 11.4. The molecule has 0 bridgehead atoms. The maximum absolute atomic E-state index is 12.7. The molecule has 36 heavy (non-hydrogen) atoms. The number of amides is 2. The third-order valence-electron chi connectivity index (χ3n) is 6.49. The smallest absolute Gasteiger partial charge is 0.319 e. The number of nitrogens with one attached hydrogen (secondary N) is 2. The average Bonchev–Trinajstić information content (AvgIpc) is 3.21. The number of hydrogen-bond acceptors (Lipinski definition) is 4. The van der Waals surface area contributed by atoms with E-state index in [0.717, 1.165) is 22.6 Å². The van der Waals surface area contributed by atoms with Crippen LogP contribution in [0.1, 0.15) is 58.5 Å². The molecule has 0 aliphatic carbocycles. The maximum Gasteiger partial charge on any atom is 0.319 e. The first-order chi connectivity index (χ1) is 16.7. The first-order valence-corrected chi connectivity index (χ1v) is 15.4. The van der Waals surface area contributed by atoms with Crippen LogP contribution in [0, 0.1) is 0 Å². The van der Waals surface area contributed by atoms with Gasteiger partial charge in [-0.1, -0.05) is 59.2 Å². The number of halogens is 1. The van der Waals surface area contributed by atoms with Gasteiger partial charge in [-0.15, -0.1) is 0 Å². The van der Waals surface area contributed by atoms with Crippen molar-refractivity contribution in [3.8, 4) is 5.69 Å². The lowest BCUT2D eigenvalue weighted by atomic mass is 9.92. The van der Waals surface area contributed by atoms with Crippen molar-refractivity contribution in [2.24, 2.45) is 0 Å². The highest BCUT2D eigenvalue weighted by molar-refractivity contribution is 6.74. The molecule has 0 atom stereocenters.